The zero-order valence-electron chi connectivity index (χ0n) is 59.9. The van der Waals surface area contributed by atoms with Gasteiger partial charge in [0.2, 0.25) is 0 Å². The Kier molecular flexibility index (Phi) is 23.2. The molecule has 1 saturated carbocycles. The zero-order chi connectivity index (χ0) is 73.2. The minimum atomic E-state index is -2.16. The molecule has 1 fully saturated rings. The minimum Gasteiger partial charge on any atom is -0.203 e. The van der Waals surface area contributed by atoms with Crippen molar-refractivity contribution in [2.45, 2.75) is 112 Å². The van der Waals surface area contributed by atoms with Gasteiger partial charge in [-0.2, -0.15) is 0 Å². The Morgan fingerprint density at radius 1 is 0.223 bits per heavy atom. The van der Waals surface area contributed by atoms with Gasteiger partial charge in [-0.1, -0.05) is 311 Å². The molecule has 0 N–H and O–H groups in total. The Labute approximate surface area is 602 Å². The fourth-order valence-corrected chi connectivity index (χ4v) is 13.8. The van der Waals surface area contributed by atoms with Crippen LogP contribution < -0.4 is 0 Å². The van der Waals surface area contributed by atoms with E-state index in [0.717, 1.165) is 11.8 Å². The summed E-state index contributed by atoms with van der Waals surface area (Å²) in [7, 11) is 0. The van der Waals surface area contributed by atoms with E-state index in [0.29, 0.717) is 13.8 Å². The summed E-state index contributed by atoms with van der Waals surface area (Å²) >= 11 is 0. The van der Waals surface area contributed by atoms with E-state index in [1.54, 1.807) is 0 Å². The van der Waals surface area contributed by atoms with Gasteiger partial charge in [0, 0.05) is 11.1 Å². The maximum atomic E-state index is 13.8. The predicted octanol–water partition coefficient (Wildman–Crippen LogP) is 27.1. The molecule has 0 aliphatic heterocycles. The van der Waals surface area contributed by atoms with E-state index in [1.165, 1.54) is 148 Å². The Morgan fingerprint density at radius 2 is 0.417 bits per heavy atom. The maximum Gasteiger partial charge on any atom is 0.170 e. The van der Waals surface area contributed by atoms with Crippen LogP contribution in [-0.4, -0.2) is 0 Å². The van der Waals surface area contributed by atoms with E-state index < -0.39 is 68.8 Å². The highest BCUT2D eigenvalue weighted by molar-refractivity contribution is 5.86. The lowest BCUT2D eigenvalue weighted by Gasteiger charge is -2.34. The fourth-order valence-electron chi connectivity index (χ4n) is 13.8. The second kappa shape index (κ2) is 32.5. The van der Waals surface area contributed by atoms with Gasteiger partial charge in [-0.15, -0.1) is 0 Å². The van der Waals surface area contributed by atoms with Crippen molar-refractivity contribution in [1.29, 1.82) is 0 Å². The van der Waals surface area contributed by atoms with Gasteiger partial charge in [0.1, 0.15) is 0 Å². The Balaban J connectivity index is 0.000000131. The summed E-state index contributed by atoms with van der Waals surface area (Å²) < 4.78 is 109. The van der Waals surface area contributed by atoms with Crippen LogP contribution in [-0.2, 0) is 5.41 Å². The van der Waals surface area contributed by atoms with E-state index in [4.69, 9.17) is 0 Å². The first-order valence-corrected chi connectivity index (χ1v) is 35.0. The lowest BCUT2D eigenvalue weighted by molar-refractivity contribution is 0.396. The molecule has 2 aliphatic carbocycles. The SMILES string of the molecule is Cc1c(F)c(F)c(-c2c(F)c(F)c(C)c(F)c2F)c(F)c1F.Cc1ccc(-c2ccc(-c3ccc(C)cc3)cc2)cc1.Cc1ccc(-c2ccc(C)cc2)cc1.Cc1ccc(C2(c3ccc(C)cc3)c3ccccc3-c3ccccc32)cc1.Cc1ccc(C2CCC(c3ccc(C)cc3)CC2)cc1. The van der Waals surface area contributed by atoms with Crippen LogP contribution in [0.3, 0.4) is 0 Å². The summed E-state index contributed by atoms with van der Waals surface area (Å²) in [6.45, 7) is 18.5. The van der Waals surface area contributed by atoms with E-state index in [9.17, 15) is 35.1 Å². The van der Waals surface area contributed by atoms with Crippen LogP contribution in [0.25, 0.3) is 55.6 Å². The molecule has 0 aromatic heterocycles. The molecule has 0 saturated heterocycles. The highest BCUT2D eigenvalue weighted by Crippen LogP contribution is 2.56. The van der Waals surface area contributed by atoms with Gasteiger partial charge >= 0.3 is 0 Å². The monoisotopic (exact) mass is 1380 g/mol. The third-order valence-electron chi connectivity index (χ3n) is 20.1. The molecule has 520 valence electrons. The Hall–Kier alpha value is -10.7. The Morgan fingerprint density at radius 3 is 0.650 bits per heavy atom. The zero-order valence-corrected chi connectivity index (χ0v) is 59.9. The molecule has 103 heavy (non-hydrogen) atoms. The number of rotatable bonds is 8. The largest absolute Gasteiger partial charge is 0.203 e. The molecule has 0 unspecified atom stereocenters. The van der Waals surface area contributed by atoms with E-state index in [-0.39, 0.29) is 5.41 Å². The number of halogens is 8. The second-order valence-corrected chi connectivity index (χ2v) is 27.5. The Bertz CT molecular complexity index is 4650. The van der Waals surface area contributed by atoms with Gasteiger partial charge in [-0.25, -0.2) is 35.1 Å². The molecule has 0 spiro atoms. The smallest absolute Gasteiger partial charge is 0.170 e. The summed E-state index contributed by atoms with van der Waals surface area (Å²) in [5, 5.41) is 0. The molecule has 15 rings (SSSR count). The average molecular weight is 1380 g/mol. The molecule has 13 aromatic carbocycles. The van der Waals surface area contributed by atoms with Gasteiger partial charge in [0.25, 0.3) is 0 Å². The first-order valence-electron chi connectivity index (χ1n) is 35.0. The van der Waals surface area contributed by atoms with Gasteiger partial charge in [0.05, 0.1) is 16.5 Å². The second-order valence-electron chi connectivity index (χ2n) is 27.5. The molecule has 0 amide bonds. The summed E-state index contributed by atoms with van der Waals surface area (Å²) in [5.74, 6) is -14.8. The van der Waals surface area contributed by atoms with Crippen LogP contribution in [0.15, 0.2) is 267 Å². The van der Waals surface area contributed by atoms with Crippen molar-refractivity contribution in [3.8, 4) is 55.6 Å². The quantitative estimate of drug-likeness (QED) is 0.105. The van der Waals surface area contributed by atoms with Crippen LogP contribution in [0.4, 0.5) is 35.1 Å². The van der Waals surface area contributed by atoms with E-state index in [2.05, 4.69) is 322 Å². The van der Waals surface area contributed by atoms with Crippen molar-refractivity contribution in [3.05, 3.63) is 402 Å². The van der Waals surface area contributed by atoms with E-state index >= 15 is 0 Å². The molecular formula is C95H84F8. The van der Waals surface area contributed by atoms with Crippen molar-refractivity contribution in [2.75, 3.05) is 0 Å². The normalized spacial score (nSPS) is 13.8. The van der Waals surface area contributed by atoms with Gasteiger partial charge in [-0.05, 0) is 185 Å². The predicted molar refractivity (Wildman–Crippen MR) is 409 cm³/mol. The summed E-state index contributed by atoms with van der Waals surface area (Å²) in [6, 6.07) is 97.6. The van der Waals surface area contributed by atoms with Crippen LogP contribution >= 0.6 is 0 Å². The van der Waals surface area contributed by atoms with Crippen LogP contribution in [0.5, 0.6) is 0 Å². The molecule has 8 heteroatoms. The summed E-state index contributed by atoms with van der Waals surface area (Å²) in [5.41, 5.74) is 23.2. The molecule has 0 radical (unpaired) electrons. The first-order chi connectivity index (χ1) is 49.5. The maximum absolute atomic E-state index is 13.8. The molecule has 2 aliphatic rings. The summed E-state index contributed by atoms with van der Waals surface area (Å²) in [6.07, 6.45) is 5.34. The number of fused-ring (bicyclic) bond motifs is 3. The number of benzene rings is 13. The molecule has 0 nitrogen and oxygen atoms in total. The van der Waals surface area contributed by atoms with Crippen molar-refractivity contribution in [1.82, 2.24) is 0 Å². The van der Waals surface area contributed by atoms with Gasteiger partial charge in [-0.3, -0.25) is 0 Å². The molecule has 0 bridgehead atoms. The highest BCUT2D eigenvalue weighted by atomic mass is 19.2. The van der Waals surface area contributed by atoms with Crippen molar-refractivity contribution < 1.29 is 35.1 Å². The highest BCUT2D eigenvalue weighted by Gasteiger charge is 2.46. The number of hydrogen-bond donors (Lipinski definition) is 0. The number of aryl methyl sites for hydroxylation is 8. The van der Waals surface area contributed by atoms with Crippen molar-refractivity contribution in [2.24, 2.45) is 0 Å². The first kappa shape index (κ1) is 73.5. The molecule has 13 aromatic rings. The van der Waals surface area contributed by atoms with Gasteiger partial charge in [0.15, 0.2) is 46.5 Å². The fraction of sp³-hybridized carbons (Fsp3) is 0.179. The van der Waals surface area contributed by atoms with Crippen LogP contribution in [0, 0.1) is 116 Å². The lowest BCUT2D eigenvalue weighted by Crippen LogP contribution is -2.28. The minimum absolute atomic E-state index is 0.269. The average Bonchev–Trinajstić information content (AvgIpc) is 1.55. The lowest BCUT2D eigenvalue weighted by atomic mass is 9.67. The van der Waals surface area contributed by atoms with Crippen LogP contribution in [0.1, 0.15) is 127 Å². The summed E-state index contributed by atoms with van der Waals surface area (Å²) in [4.78, 5) is 0. The van der Waals surface area contributed by atoms with Crippen molar-refractivity contribution in [3.63, 3.8) is 0 Å². The van der Waals surface area contributed by atoms with Crippen LogP contribution in [0.2, 0.25) is 0 Å². The topological polar surface area (TPSA) is 0 Å². The van der Waals surface area contributed by atoms with Gasteiger partial charge < -0.3 is 0 Å². The standard InChI is InChI=1S/C27H22.C20H24.C20H18.C14H6F8.C14H14/c1-19-11-15-21(16-12-19)27(22-17-13-20(2)14-18-22)25-9-5-3-7-23(25)24-8-4-6-10-26(24)27;2*1-15-3-7-17(8-4-15)19-11-13-20(14-12-19)18-9-5-16(2)6-10-18;1-3-7(15)11(19)5(12(20)8(3)16)6-13(21)9(17)4(2)10(18)14(6)22;1-11-3-7-13(8-4-11)14-9-5-12(2)6-10-14/h3-18H,1-2H3;3-10,19-20H,11-14H2,1-2H3;3-14H,1-2H3;1-2H3;3-10H,1-2H3. The third kappa shape index (κ3) is 16.3. The molecule has 0 atom stereocenters. The third-order valence-corrected chi connectivity index (χ3v) is 20.1. The van der Waals surface area contributed by atoms with Crippen molar-refractivity contribution >= 4 is 0 Å². The molecular weight excluding hydrogens is 1290 g/mol. The van der Waals surface area contributed by atoms with E-state index in [1.807, 2.05) is 0 Å². The molecule has 0 heterocycles. The number of hydrogen-bond acceptors (Lipinski definition) is 0.